The van der Waals surface area contributed by atoms with Crippen molar-refractivity contribution < 1.29 is 19.1 Å². The summed E-state index contributed by atoms with van der Waals surface area (Å²) in [6, 6.07) is 5.19. The minimum Gasteiger partial charge on any atom is -0.467 e. The molecular formula is C14H16ClNO4. The maximum atomic E-state index is 12.4. The van der Waals surface area contributed by atoms with Gasteiger partial charge in [0.05, 0.1) is 20.3 Å². The second kappa shape index (κ2) is 6.24. The number of halogens is 1. The minimum absolute atomic E-state index is 0.159. The number of carbonyl (C=O) groups excluding carboxylic acids is 2. The van der Waals surface area contributed by atoms with Crippen LogP contribution >= 0.6 is 11.6 Å². The van der Waals surface area contributed by atoms with E-state index in [1.54, 1.807) is 23.1 Å². The van der Waals surface area contributed by atoms with Crippen LogP contribution in [0.15, 0.2) is 18.2 Å². The molecule has 0 bridgehead atoms. The first kappa shape index (κ1) is 14.8. The second-order valence-electron chi connectivity index (χ2n) is 4.65. The number of amides is 1. The maximum absolute atomic E-state index is 12.4. The molecule has 0 aliphatic carbocycles. The molecule has 1 fully saturated rings. The molecule has 0 N–H and O–H groups in total. The average molecular weight is 298 g/mol. The number of benzene rings is 1. The van der Waals surface area contributed by atoms with Crippen molar-refractivity contribution in [2.75, 3.05) is 26.8 Å². The number of hydrogen-bond acceptors (Lipinski definition) is 4. The molecule has 2 rings (SSSR count). The third kappa shape index (κ3) is 3.29. The van der Waals surface area contributed by atoms with Gasteiger partial charge in [-0.15, -0.1) is 0 Å². The lowest BCUT2D eigenvalue weighted by Crippen LogP contribution is -2.48. The van der Waals surface area contributed by atoms with Crippen LogP contribution in [0.5, 0.6) is 0 Å². The van der Waals surface area contributed by atoms with Gasteiger partial charge in [0.15, 0.2) is 6.10 Å². The van der Waals surface area contributed by atoms with E-state index in [0.717, 1.165) is 5.56 Å². The first-order valence-electron chi connectivity index (χ1n) is 6.27. The second-order valence-corrected chi connectivity index (χ2v) is 5.09. The molecule has 6 heteroatoms. The zero-order chi connectivity index (χ0) is 14.7. The summed E-state index contributed by atoms with van der Waals surface area (Å²) in [6.45, 7) is 2.82. The van der Waals surface area contributed by atoms with Crippen LogP contribution in [0.2, 0.25) is 5.02 Å². The molecule has 5 nitrogen and oxygen atoms in total. The summed E-state index contributed by atoms with van der Waals surface area (Å²) in [7, 11) is 1.30. The van der Waals surface area contributed by atoms with Crippen LogP contribution in [-0.2, 0) is 14.3 Å². The van der Waals surface area contributed by atoms with Gasteiger partial charge in [-0.3, -0.25) is 4.79 Å². The standard InChI is InChI=1S/C14H16ClNO4/c1-9-5-10(7-11(15)6-9)13(17)16-3-4-20-12(8-16)14(18)19-2/h5-7,12H,3-4,8H2,1-2H3. The van der Waals surface area contributed by atoms with Crippen molar-refractivity contribution in [2.24, 2.45) is 0 Å². The summed E-state index contributed by atoms with van der Waals surface area (Å²) in [6.07, 6.45) is -0.724. The zero-order valence-corrected chi connectivity index (χ0v) is 12.1. The molecule has 1 saturated heterocycles. The summed E-state index contributed by atoms with van der Waals surface area (Å²) in [5.41, 5.74) is 1.43. The van der Waals surface area contributed by atoms with E-state index in [4.69, 9.17) is 16.3 Å². The Hall–Kier alpha value is -1.59. The van der Waals surface area contributed by atoms with E-state index in [9.17, 15) is 9.59 Å². The zero-order valence-electron chi connectivity index (χ0n) is 11.4. The van der Waals surface area contributed by atoms with Gasteiger partial charge in [0, 0.05) is 17.1 Å². The van der Waals surface area contributed by atoms with Crippen LogP contribution in [0, 0.1) is 6.92 Å². The van der Waals surface area contributed by atoms with Crippen molar-refractivity contribution in [3.8, 4) is 0 Å². The molecule has 0 spiro atoms. The molecule has 0 aromatic heterocycles. The Morgan fingerprint density at radius 3 is 2.80 bits per heavy atom. The van der Waals surface area contributed by atoms with Crippen molar-refractivity contribution in [2.45, 2.75) is 13.0 Å². The van der Waals surface area contributed by atoms with E-state index in [1.165, 1.54) is 7.11 Å². The van der Waals surface area contributed by atoms with Crippen LogP contribution in [0.3, 0.4) is 0 Å². The first-order chi connectivity index (χ1) is 9.51. The number of morpholine rings is 1. The summed E-state index contributed by atoms with van der Waals surface area (Å²) >= 11 is 5.97. The van der Waals surface area contributed by atoms with Gasteiger partial charge in [-0.25, -0.2) is 4.79 Å². The number of ether oxygens (including phenoxy) is 2. The highest BCUT2D eigenvalue weighted by Gasteiger charge is 2.30. The molecule has 1 amide bonds. The lowest BCUT2D eigenvalue weighted by Gasteiger charge is -2.31. The number of aryl methyl sites for hydroxylation is 1. The first-order valence-corrected chi connectivity index (χ1v) is 6.65. The van der Waals surface area contributed by atoms with Gasteiger partial charge in [0.25, 0.3) is 5.91 Å². The van der Waals surface area contributed by atoms with Crippen molar-refractivity contribution in [1.82, 2.24) is 4.90 Å². The molecule has 1 aromatic carbocycles. The predicted molar refractivity (Wildman–Crippen MR) is 73.8 cm³/mol. The SMILES string of the molecule is COC(=O)C1CN(C(=O)c2cc(C)cc(Cl)c2)CCO1. The van der Waals surface area contributed by atoms with E-state index < -0.39 is 12.1 Å². The summed E-state index contributed by atoms with van der Waals surface area (Å²) in [5.74, 6) is -0.627. The molecule has 0 radical (unpaired) electrons. The summed E-state index contributed by atoms with van der Waals surface area (Å²) in [5, 5.41) is 0.520. The van der Waals surface area contributed by atoms with Gasteiger partial charge >= 0.3 is 5.97 Å². The Kier molecular flexibility index (Phi) is 4.62. The Bertz CT molecular complexity index is 512. The molecule has 1 unspecified atom stereocenters. The van der Waals surface area contributed by atoms with E-state index in [0.29, 0.717) is 23.7 Å². The molecule has 0 saturated carbocycles. The Morgan fingerprint density at radius 1 is 1.40 bits per heavy atom. The van der Waals surface area contributed by atoms with Gasteiger partial charge in [-0.05, 0) is 30.7 Å². The third-order valence-electron chi connectivity index (χ3n) is 3.11. The number of hydrogen-bond donors (Lipinski definition) is 0. The maximum Gasteiger partial charge on any atom is 0.336 e. The van der Waals surface area contributed by atoms with Gasteiger partial charge in [-0.1, -0.05) is 11.6 Å². The van der Waals surface area contributed by atoms with Crippen molar-refractivity contribution in [1.29, 1.82) is 0 Å². The fraction of sp³-hybridized carbons (Fsp3) is 0.429. The van der Waals surface area contributed by atoms with E-state index >= 15 is 0 Å². The fourth-order valence-electron chi connectivity index (χ4n) is 2.15. The summed E-state index contributed by atoms with van der Waals surface area (Å²) in [4.78, 5) is 25.5. The molecular weight excluding hydrogens is 282 g/mol. The lowest BCUT2D eigenvalue weighted by atomic mass is 10.1. The number of carbonyl (C=O) groups is 2. The third-order valence-corrected chi connectivity index (χ3v) is 3.33. The fourth-order valence-corrected chi connectivity index (χ4v) is 2.44. The smallest absolute Gasteiger partial charge is 0.336 e. The van der Waals surface area contributed by atoms with Crippen LogP contribution in [-0.4, -0.2) is 49.7 Å². The van der Waals surface area contributed by atoms with Gasteiger partial charge in [0.1, 0.15) is 0 Å². The van der Waals surface area contributed by atoms with Crippen molar-refractivity contribution in [3.05, 3.63) is 34.3 Å². The van der Waals surface area contributed by atoms with Gasteiger partial charge in [0.2, 0.25) is 0 Å². The Balaban J connectivity index is 2.14. The highest BCUT2D eigenvalue weighted by molar-refractivity contribution is 6.31. The van der Waals surface area contributed by atoms with Crippen molar-refractivity contribution in [3.63, 3.8) is 0 Å². The normalized spacial score (nSPS) is 18.8. The number of rotatable bonds is 2. The van der Waals surface area contributed by atoms with Crippen LogP contribution < -0.4 is 0 Å². The van der Waals surface area contributed by atoms with Crippen LogP contribution in [0.25, 0.3) is 0 Å². The van der Waals surface area contributed by atoms with E-state index in [1.807, 2.05) is 6.92 Å². The average Bonchev–Trinajstić information content (AvgIpc) is 2.44. The van der Waals surface area contributed by atoms with E-state index in [-0.39, 0.29) is 12.5 Å². The number of methoxy groups -OCH3 is 1. The van der Waals surface area contributed by atoms with Crippen LogP contribution in [0.1, 0.15) is 15.9 Å². The Morgan fingerprint density at radius 2 is 2.15 bits per heavy atom. The lowest BCUT2D eigenvalue weighted by molar-refractivity contribution is -0.158. The molecule has 1 aromatic rings. The number of nitrogens with zero attached hydrogens (tertiary/aromatic N) is 1. The van der Waals surface area contributed by atoms with Crippen molar-refractivity contribution >= 4 is 23.5 Å². The quantitative estimate of drug-likeness (QED) is 0.779. The number of esters is 1. The molecule has 20 heavy (non-hydrogen) atoms. The molecule has 108 valence electrons. The largest absolute Gasteiger partial charge is 0.467 e. The molecule has 1 aliphatic heterocycles. The molecule has 1 aliphatic rings. The topological polar surface area (TPSA) is 55.8 Å². The van der Waals surface area contributed by atoms with E-state index in [2.05, 4.69) is 4.74 Å². The molecule has 1 heterocycles. The minimum atomic E-state index is -0.724. The van der Waals surface area contributed by atoms with Gasteiger partial charge < -0.3 is 14.4 Å². The Labute approximate surface area is 122 Å². The predicted octanol–water partition coefficient (Wildman–Crippen LogP) is 1.66. The summed E-state index contributed by atoms with van der Waals surface area (Å²) < 4.78 is 9.94. The monoisotopic (exact) mass is 297 g/mol. The van der Waals surface area contributed by atoms with Gasteiger partial charge in [-0.2, -0.15) is 0 Å². The van der Waals surface area contributed by atoms with Crippen LogP contribution in [0.4, 0.5) is 0 Å². The highest BCUT2D eigenvalue weighted by Crippen LogP contribution is 2.17. The highest BCUT2D eigenvalue weighted by atomic mass is 35.5. The molecule has 1 atom stereocenters.